The summed E-state index contributed by atoms with van der Waals surface area (Å²) in [5.74, 6) is -0.546. The fourth-order valence-corrected chi connectivity index (χ4v) is 3.91. The zero-order valence-electron chi connectivity index (χ0n) is 12.3. The molecule has 0 spiro atoms. The van der Waals surface area contributed by atoms with Gasteiger partial charge in [-0.3, -0.25) is 4.79 Å². The Bertz CT molecular complexity index is 828. The smallest absolute Gasteiger partial charge is 0.347 e. The zero-order chi connectivity index (χ0) is 18.0. The maximum Gasteiger partial charge on any atom is 0.416 e. The molecule has 1 aromatic carbocycles. The van der Waals surface area contributed by atoms with E-state index in [2.05, 4.69) is 10.0 Å². The molecule has 2 aromatic rings. The Kier molecular flexibility index (Phi) is 5.31. The molecule has 130 valence electrons. The van der Waals surface area contributed by atoms with Gasteiger partial charge < -0.3 is 5.32 Å². The Morgan fingerprint density at radius 3 is 2.29 bits per heavy atom. The first-order chi connectivity index (χ1) is 11.1. The number of amides is 1. The lowest BCUT2D eigenvalue weighted by atomic mass is 10.1. The molecule has 2 rings (SSSR count). The minimum absolute atomic E-state index is 0.0732. The van der Waals surface area contributed by atoms with Crippen molar-refractivity contribution in [3.8, 4) is 0 Å². The van der Waals surface area contributed by atoms with Crippen molar-refractivity contribution in [3.05, 3.63) is 52.4 Å². The quantitative estimate of drug-likeness (QED) is 0.840. The maximum atomic E-state index is 12.5. The number of carbonyl (C=O) groups excluding carboxylic acids is 1. The molecular weight excluding hydrogens is 365 g/mol. The molecule has 5 nitrogen and oxygen atoms in total. The third-order valence-corrected chi connectivity index (χ3v) is 6.06. The number of rotatable bonds is 5. The van der Waals surface area contributed by atoms with Crippen LogP contribution in [0.15, 0.2) is 40.6 Å². The van der Waals surface area contributed by atoms with Crippen LogP contribution in [-0.4, -0.2) is 21.4 Å². The van der Waals surface area contributed by atoms with Crippen molar-refractivity contribution in [2.75, 3.05) is 7.05 Å². The van der Waals surface area contributed by atoms with E-state index in [9.17, 15) is 26.4 Å². The number of alkyl halides is 3. The van der Waals surface area contributed by atoms with E-state index in [4.69, 9.17) is 0 Å². The predicted octanol–water partition coefficient (Wildman–Crippen LogP) is 2.61. The second-order valence-corrected chi connectivity index (χ2v) is 7.97. The summed E-state index contributed by atoms with van der Waals surface area (Å²) in [7, 11) is -2.24. The normalized spacial score (nSPS) is 12.2. The fourth-order valence-electron chi connectivity index (χ4n) is 1.78. The predicted molar refractivity (Wildman–Crippen MR) is 83.2 cm³/mol. The van der Waals surface area contributed by atoms with Crippen LogP contribution < -0.4 is 10.0 Å². The van der Waals surface area contributed by atoms with E-state index >= 15 is 0 Å². The summed E-state index contributed by atoms with van der Waals surface area (Å²) < 4.78 is 62.9. The molecule has 0 atom stereocenters. The minimum Gasteiger partial charge on any atom is -0.347 e. The lowest BCUT2D eigenvalue weighted by molar-refractivity contribution is -0.137. The lowest BCUT2D eigenvalue weighted by Gasteiger charge is -2.08. The average molecular weight is 378 g/mol. The van der Waals surface area contributed by atoms with Crippen LogP contribution in [0.3, 0.4) is 0 Å². The molecule has 0 bridgehead atoms. The highest BCUT2D eigenvalue weighted by atomic mass is 32.2. The van der Waals surface area contributed by atoms with Gasteiger partial charge in [0.05, 0.1) is 12.1 Å². The second-order valence-electron chi connectivity index (χ2n) is 4.69. The molecule has 0 radical (unpaired) electrons. The Hall–Kier alpha value is -1.91. The first-order valence-electron chi connectivity index (χ1n) is 6.61. The second kappa shape index (κ2) is 6.91. The molecule has 0 unspecified atom stereocenters. The van der Waals surface area contributed by atoms with Crippen LogP contribution in [0.1, 0.15) is 20.8 Å². The SMILES string of the molecule is CNS(=O)(=O)c1ccc(CNC(=O)c2ccc(C(F)(F)F)cc2)s1. The van der Waals surface area contributed by atoms with Gasteiger partial charge in [-0.15, -0.1) is 11.3 Å². The van der Waals surface area contributed by atoms with E-state index in [0.717, 1.165) is 35.6 Å². The molecule has 1 heterocycles. The highest BCUT2D eigenvalue weighted by Crippen LogP contribution is 2.29. The Labute approximate surface area is 140 Å². The highest BCUT2D eigenvalue weighted by Gasteiger charge is 2.30. The van der Waals surface area contributed by atoms with Gasteiger partial charge in [-0.2, -0.15) is 13.2 Å². The number of nitrogens with one attached hydrogen (secondary N) is 2. The van der Waals surface area contributed by atoms with Gasteiger partial charge in [0.15, 0.2) is 0 Å². The van der Waals surface area contributed by atoms with Crippen molar-refractivity contribution >= 4 is 27.3 Å². The summed E-state index contributed by atoms with van der Waals surface area (Å²) in [6, 6.07) is 6.81. The first-order valence-corrected chi connectivity index (χ1v) is 8.91. The van der Waals surface area contributed by atoms with Crippen LogP contribution in [-0.2, 0) is 22.7 Å². The summed E-state index contributed by atoms with van der Waals surface area (Å²) >= 11 is 0.993. The van der Waals surface area contributed by atoms with Crippen LogP contribution in [0.25, 0.3) is 0 Å². The Balaban J connectivity index is 2.01. The number of hydrogen-bond donors (Lipinski definition) is 2. The molecular formula is C14H13F3N2O3S2. The highest BCUT2D eigenvalue weighted by molar-refractivity contribution is 7.91. The zero-order valence-corrected chi connectivity index (χ0v) is 14.0. The summed E-state index contributed by atoms with van der Waals surface area (Å²) in [5.41, 5.74) is -0.748. The van der Waals surface area contributed by atoms with Gasteiger partial charge in [0.25, 0.3) is 5.91 Å². The van der Waals surface area contributed by atoms with E-state index in [1.54, 1.807) is 6.07 Å². The van der Waals surface area contributed by atoms with Crippen molar-refractivity contribution < 1.29 is 26.4 Å². The van der Waals surface area contributed by atoms with Crippen molar-refractivity contribution in [2.45, 2.75) is 16.9 Å². The van der Waals surface area contributed by atoms with Gasteiger partial charge >= 0.3 is 6.18 Å². The van der Waals surface area contributed by atoms with Gasteiger partial charge in [-0.1, -0.05) is 0 Å². The summed E-state index contributed by atoms with van der Waals surface area (Å²) in [6.07, 6.45) is -4.46. The molecule has 0 fully saturated rings. The van der Waals surface area contributed by atoms with E-state index in [-0.39, 0.29) is 16.3 Å². The van der Waals surface area contributed by atoms with Crippen molar-refractivity contribution in [2.24, 2.45) is 0 Å². The summed E-state index contributed by atoms with van der Waals surface area (Å²) in [5, 5.41) is 2.53. The summed E-state index contributed by atoms with van der Waals surface area (Å²) in [6.45, 7) is 0.0732. The van der Waals surface area contributed by atoms with E-state index in [1.807, 2.05) is 0 Å². The number of halogens is 3. The molecule has 1 aromatic heterocycles. The van der Waals surface area contributed by atoms with Gasteiger partial charge in [0.2, 0.25) is 10.0 Å². The van der Waals surface area contributed by atoms with Gasteiger partial charge in [-0.25, -0.2) is 13.1 Å². The monoisotopic (exact) mass is 378 g/mol. The molecule has 0 aliphatic carbocycles. The van der Waals surface area contributed by atoms with Gasteiger partial charge in [-0.05, 0) is 43.4 Å². The third kappa shape index (κ3) is 4.34. The third-order valence-electron chi connectivity index (χ3n) is 3.07. The number of sulfonamides is 1. The Morgan fingerprint density at radius 1 is 1.12 bits per heavy atom. The largest absolute Gasteiger partial charge is 0.416 e. The minimum atomic E-state index is -4.46. The number of benzene rings is 1. The molecule has 0 saturated heterocycles. The van der Waals surface area contributed by atoms with Crippen LogP contribution in [0.4, 0.5) is 13.2 Å². The van der Waals surface area contributed by atoms with Crippen LogP contribution in [0, 0.1) is 0 Å². The lowest BCUT2D eigenvalue weighted by Crippen LogP contribution is -2.22. The summed E-state index contributed by atoms with van der Waals surface area (Å²) in [4.78, 5) is 12.5. The molecule has 0 saturated carbocycles. The van der Waals surface area contributed by atoms with Crippen molar-refractivity contribution in [3.63, 3.8) is 0 Å². The van der Waals surface area contributed by atoms with Crippen molar-refractivity contribution in [1.29, 1.82) is 0 Å². The maximum absolute atomic E-state index is 12.5. The number of carbonyl (C=O) groups is 1. The standard InChI is InChI=1S/C14H13F3N2O3S2/c1-18-24(21,22)12-7-6-11(23-12)8-19-13(20)9-2-4-10(5-3-9)14(15,16)17/h2-7,18H,8H2,1H3,(H,19,20). The van der Waals surface area contributed by atoms with E-state index < -0.39 is 27.7 Å². The van der Waals surface area contributed by atoms with Crippen LogP contribution in [0.5, 0.6) is 0 Å². The average Bonchev–Trinajstić information content (AvgIpc) is 3.01. The molecule has 10 heteroatoms. The van der Waals surface area contributed by atoms with Gasteiger partial charge in [0, 0.05) is 10.4 Å². The Morgan fingerprint density at radius 2 is 1.75 bits per heavy atom. The van der Waals surface area contributed by atoms with E-state index in [0.29, 0.717) is 4.88 Å². The van der Waals surface area contributed by atoms with E-state index in [1.165, 1.54) is 13.1 Å². The molecule has 0 aliphatic heterocycles. The molecule has 2 N–H and O–H groups in total. The van der Waals surface area contributed by atoms with Gasteiger partial charge in [0.1, 0.15) is 4.21 Å². The molecule has 1 amide bonds. The fraction of sp³-hybridized carbons (Fsp3) is 0.214. The first kappa shape index (κ1) is 18.4. The topological polar surface area (TPSA) is 75.3 Å². The number of thiophene rings is 1. The van der Waals surface area contributed by atoms with Crippen LogP contribution in [0.2, 0.25) is 0 Å². The molecule has 24 heavy (non-hydrogen) atoms. The van der Waals surface area contributed by atoms with Crippen molar-refractivity contribution in [1.82, 2.24) is 10.0 Å². The molecule has 0 aliphatic rings. The van der Waals surface area contributed by atoms with Crippen LogP contribution >= 0.6 is 11.3 Å². The number of hydrogen-bond acceptors (Lipinski definition) is 4.